The Morgan fingerprint density at radius 3 is 2.52 bits per heavy atom. The standard InChI is InChI=1S/C16H12F3NO/c1-11-3-2-4-12(7-11)10-21-14-6-5-13(9-20)15(8-14)16(17,18)19/h2-8H,10H2,1H3. The quantitative estimate of drug-likeness (QED) is 0.836. The van der Waals surface area contributed by atoms with Crippen LogP contribution in [0.15, 0.2) is 42.5 Å². The maximum atomic E-state index is 12.8. The van der Waals surface area contributed by atoms with Crippen LogP contribution in [0.25, 0.3) is 0 Å². The van der Waals surface area contributed by atoms with E-state index in [0.29, 0.717) is 0 Å². The predicted molar refractivity (Wildman–Crippen MR) is 71.7 cm³/mol. The Balaban J connectivity index is 2.20. The average Bonchev–Trinajstić information content (AvgIpc) is 2.44. The lowest BCUT2D eigenvalue weighted by Gasteiger charge is -2.12. The van der Waals surface area contributed by atoms with Gasteiger partial charge < -0.3 is 4.74 Å². The predicted octanol–water partition coefficient (Wildman–Crippen LogP) is 4.46. The van der Waals surface area contributed by atoms with Gasteiger partial charge in [0.1, 0.15) is 12.4 Å². The summed E-state index contributed by atoms with van der Waals surface area (Å²) in [7, 11) is 0. The van der Waals surface area contributed by atoms with E-state index in [2.05, 4.69) is 0 Å². The third-order valence-electron chi connectivity index (χ3n) is 2.90. The average molecular weight is 291 g/mol. The van der Waals surface area contributed by atoms with Crippen molar-refractivity contribution in [2.24, 2.45) is 0 Å². The van der Waals surface area contributed by atoms with Crippen LogP contribution in [0.3, 0.4) is 0 Å². The van der Waals surface area contributed by atoms with Crippen LogP contribution in [-0.2, 0) is 12.8 Å². The maximum Gasteiger partial charge on any atom is 0.417 e. The molecule has 2 aromatic rings. The topological polar surface area (TPSA) is 33.0 Å². The first-order valence-electron chi connectivity index (χ1n) is 6.20. The van der Waals surface area contributed by atoms with Crippen LogP contribution in [0.5, 0.6) is 5.75 Å². The summed E-state index contributed by atoms with van der Waals surface area (Å²) in [6.07, 6.45) is -4.58. The Labute approximate surface area is 120 Å². The molecule has 0 radical (unpaired) electrons. The van der Waals surface area contributed by atoms with Gasteiger partial charge in [0.15, 0.2) is 0 Å². The fourth-order valence-corrected chi connectivity index (χ4v) is 1.91. The summed E-state index contributed by atoms with van der Waals surface area (Å²) in [5.41, 5.74) is 0.525. The van der Waals surface area contributed by atoms with Gasteiger partial charge in [-0.25, -0.2) is 0 Å². The zero-order valence-electron chi connectivity index (χ0n) is 11.2. The first-order valence-corrected chi connectivity index (χ1v) is 6.20. The van der Waals surface area contributed by atoms with Crippen molar-refractivity contribution in [3.8, 4) is 11.8 Å². The number of hydrogen-bond donors (Lipinski definition) is 0. The molecular formula is C16H12F3NO. The first-order chi connectivity index (χ1) is 9.90. The normalized spacial score (nSPS) is 11.0. The van der Waals surface area contributed by atoms with Crippen molar-refractivity contribution >= 4 is 0 Å². The highest BCUT2D eigenvalue weighted by molar-refractivity contribution is 5.44. The van der Waals surface area contributed by atoms with Crippen molar-refractivity contribution in [1.29, 1.82) is 5.26 Å². The molecule has 108 valence electrons. The van der Waals surface area contributed by atoms with E-state index in [1.54, 1.807) is 0 Å². The zero-order chi connectivity index (χ0) is 15.5. The summed E-state index contributed by atoms with van der Waals surface area (Å²) in [6, 6.07) is 12.4. The number of rotatable bonds is 3. The van der Waals surface area contributed by atoms with Gasteiger partial charge in [-0.15, -0.1) is 0 Å². The zero-order valence-corrected chi connectivity index (χ0v) is 11.2. The van der Waals surface area contributed by atoms with E-state index in [4.69, 9.17) is 10.00 Å². The highest BCUT2D eigenvalue weighted by atomic mass is 19.4. The minimum atomic E-state index is -4.58. The van der Waals surface area contributed by atoms with Gasteiger partial charge in [-0.05, 0) is 30.7 Å². The molecule has 0 unspecified atom stereocenters. The lowest BCUT2D eigenvalue weighted by Crippen LogP contribution is -2.08. The van der Waals surface area contributed by atoms with E-state index < -0.39 is 17.3 Å². The summed E-state index contributed by atoms with van der Waals surface area (Å²) in [4.78, 5) is 0. The van der Waals surface area contributed by atoms with Crippen LogP contribution in [0.2, 0.25) is 0 Å². The molecule has 0 amide bonds. The third kappa shape index (κ3) is 3.76. The molecule has 0 bridgehead atoms. The summed E-state index contributed by atoms with van der Waals surface area (Å²) in [6.45, 7) is 2.10. The lowest BCUT2D eigenvalue weighted by atomic mass is 10.1. The number of halogens is 3. The van der Waals surface area contributed by atoms with Crippen molar-refractivity contribution in [1.82, 2.24) is 0 Å². The molecule has 0 saturated heterocycles. The maximum absolute atomic E-state index is 12.8. The molecule has 0 aromatic heterocycles. The lowest BCUT2D eigenvalue weighted by molar-refractivity contribution is -0.137. The molecule has 0 aliphatic rings. The van der Waals surface area contributed by atoms with Gasteiger partial charge in [-0.3, -0.25) is 0 Å². The monoisotopic (exact) mass is 291 g/mol. The van der Waals surface area contributed by atoms with Crippen molar-refractivity contribution in [3.63, 3.8) is 0 Å². The number of ether oxygens (including phenoxy) is 1. The van der Waals surface area contributed by atoms with E-state index in [9.17, 15) is 13.2 Å². The van der Waals surface area contributed by atoms with Crippen LogP contribution >= 0.6 is 0 Å². The fraction of sp³-hybridized carbons (Fsp3) is 0.188. The second-order valence-electron chi connectivity index (χ2n) is 4.59. The minimum Gasteiger partial charge on any atom is -0.489 e. The van der Waals surface area contributed by atoms with Gasteiger partial charge in [0, 0.05) is 0 Å². The molecule has 2 nitrogen and oxygen atoms in total. The molecule has 0 spiro atoms. The number of nitriles is 1. The Morgan fingerprint density at radius 2 is 1.90 bits per heavy atom. The Morgan fingerprint density at radius 1 is 1.14 bits per heavy atom. The van der Waals surface area contributed by atoms with Gasteiger partial charge in [-0.2, -0.15) is 18.4 Å². The number of aryl methyl sites for hydroxylation is 1. The smallest absolute Gasteiger partial charge is 0.417 e. The SMILES string of the molecule is Cc1cccc(COc2ccc(C#N)c(C(F)(F)F)c2)c1. The molecule has 21 heavy (non-hydrogen) atoms. The molecule has 2 aromatic carbocycles. The molecule has 0 atom stereocenters. The largest absolute Gasteiger partial charge is 0.489 e. The number of nitrogens with zero attached hydrogens (tertiary/aromatic N) is 1. The van der Waals surface area contributed by atoms with Crippen molar-refractivity contribution in [2.45, 2.75) is 19.7 Å². The third-order valence-corrected chi connectivity index (χ3v) is 2.90. The van der Waals surface area contributed by atoms with Crippen molar-refractivity contribution < 1.29 is 17.9 Å². The van der Waals surface area contributed by atoms with E-state index in [0.717, 1.165) is 23.3 Å². The molecule has 2 rings (SSSR count). The van der Waals surface area contributed by atoms with Gasteiger partial charge in [0.25, 0.3) is 0 Å². The highest BCUT2D eigenvalue weighted by Gasteiger charge is 2.34. The van der Waals surface area contributed by atoms with E-state index in [1.165, 1.54) is 12.1 Å². The van der Waals surface area contributed by atoms with Crippen LogP contribution in [0, 0.1) is 18.3 Å². The molecular weight excluding hydrogens is 279 g/mol. The number of hydrogen-bond acceptors (Lipinski definition) is 2. The van der Waals surface area contributed by atoms with E-state index in [-0.39, 0.29) is 12.4 Å². The van der Waals surface area contributed by atoms with Crippen molar-refractivity contribution in [2.75, 3.05) is 0 Å². The second kappa shape index (κ2) is 5.88. The van der Waals surface area contributed by atoms with Crippen LogP contribution < -0.4 is 4.74 Å². The fourth-order valence-electron chi connectivity index (χ4n) is 1.91. The van der Waals surface area contributed by atoms with E-state index >= 15 is 0 Å². The molecule has 0 N–H and O–H groups in total. The van der Waals surface area contributed by atoms with Crippen LogP contribution in [0.4, 0.5) is 13.2 Å². The van der Waals surface area contributed by atoms with Gasteiger partial charge >= 0.3 is 6.18 Å². The minimum absolute atomic E-state index is 0.0860. The molecule has 5 heteroatoms. The highest BCUT2D eigenvalue weighted by Crippen LogP contribution is 2.34. The van der Waals surface area contributed by atoms with E-state index in [1.807, 2.05) is 31.2 Å². The van der Waals surface area contributed by atoms with Crippen molar-refractivity contribution in [3.05, 3.63) is 64.7 Å². The molecule has 0 heterocycles. The van der Waals surface area contributed by atoms with Crippen LogP contribution in [-0.4, -0.2) is 0 Å². The molecule has 0 aliphatic heterocycles. The summed E-state index contributed by atoms with van der Waals surface area (Å²) in [5.74, 6) is 0.0860. The summed E-state index contributed by atoms with van der Waals surface area (Å²) < 4.78 is 43.8. The first kappa shape index (κ1) is 14.9. The molecule has 0 aliphatic carbocycles. The Kier molecular flexibility index (Phi) is 4.18. The number of alkyl halides is 3. The van der Waals surface area contributed by atoms with Gasteiger partial charge in [0.2, 0.25) is 0 Å². The second-order valence-corrected chi connectivity index (χ2v) is 4.59. The summed E-state index contributed by atoms with van der Waals surface area (Å²) >= 11 is 0. The Bertz CT molecular complexity index is 687. The molecule has 0 saturated carbocycles. The number of benzene rings is 2. The van der Waals surface area contributed by atoms with Gasteiger partial charge in [0.05, 0.1) is 17.2 Å². The van der Waals surface area contributed by atoms with Gasteiger partial charge in [-0.1, -0.05) is 29.8 Å². The molecule has 0 fully saturated rings. The van der Waals surface area contributed by atoms with Crippen LogP contribution in [0.1, 0.15) is 22.3 Å². The summed E-state index contributed by atoms with van der Waals surface area (Å²) in [5, 5.41) is 8.72. The Hall–Kier alpha value is -2.48.